The van der Waals surface area contributed by atoms with Crippen LogP contribution in [0.5, 0.6) is 0 Å². The second kappa shape index (κ2) is 7.83. The summed E-state index contributed by atoms with van der Waals surface area (Å²) in [6.45, 7) is 2.35. The number of rotatable bonds is 4. The fraction of sp³-hybridized carbons (Fsp3) is 0.429. The summed E-state index contributed by atoms with van der Waals surface area (Å²) in [6, 6.07) is 7.37. The number of fused-ring (bicyclic) bond motifs is 3. The summed E-state index contributed by atoms with van der Waals surface area (Å²) < 4.78 is 0. The SMILES string of the molecule is CNC1CC2[C@@H](C)C[C@@H](C1)N2c1cnc2nc(Sc3ccnc(N)c3Cl)ccc2n1. The Morgan fingerprint density at radius 1 is 1.17 bits per heavy atom. The van der Waals surface area contributed by atoms with Crippen molar-refractivity contribution >= 4 is 46.2 Å². The molecule has 2 saturated heterocycles. The molecule has 2 unspecified atom stereocenters. The van der Waals surface area contributed by atoms with E-state index in [-0.39, 0.29) is 0 Å². The minimum Gasteiger partial charge on any atom is -0.382 e. The van der Waals surface area contributed by atoms with Crippen molar-refractivity contribution in [3.05, 3.63) is 35.6 Å². The summed E-state index contributed by atoms with van der Waals surface area (Å²) in [4.78, 5) is 21.5. The number of aromatic nitrogens is 4. The maximum Gasteiger partial charge on any atom is 0.179 e. The highest BCUT2D eigenvalue weighted by atomic mass is 35.5. The molecule has 3 N–H and O–H groups in total. The van der Waals surface area contributed by atoms with E-state index in [1.54, 1.807) is 6.20 Å². The van der Waals surface area contributed by atoms with Crippen LogP contribution in [0.25, 0.3) is 11.2 Å². The molecule has 2 aliphatic heterocycles. The Morgan fingerprint density at radius 2 is 2.03 bits per heavy atom. The molecule has 9 heteroatoms. The number of hydrogen-bond acceptors (Lipinski definition) is 8. The predicted molar refractivity (Wildman–Crippen MR) is 121 cm³/mol. The average Bonchev–Trinajstić information content (AvgIpc) is 2.95. The zero-order valence-corrected chi connectivity index (χ0v) is 18.5. The van der Waals surface area contributed by atoms with Crippen LogP contribution in [0.15, 0.2) is 40.5 Å². The molecule has 5 heterocycles. The van der Waals surface area contributed by atoms with E-state index in [0.717, 1.165) is 34.1 Å². The van der Waals surface area contributed by atoms with Crippen LogP contribution < -0.4 is 16.0 Å². The van der Waals surface area contributed by atoms with Crippen LogP contribution in [-0.4, -0.2) is 45.1 Å². The van der Waals surface area contributed by atoms with Crippen molar-refractivity contribution < 1.29 is 0 Å². The molecule has 0 spiro atoms. The molecule has 0 saturated carbocycles. The first-order valence-electron chi connectivity index (χ1n) is 10.2. The molecule has 0 aromatic carbocycles. The quantitative estimate of drug-likeness (QED) is 0.632. The fourth-order valence-electron chi connectivity index (χ4n) is 4.80. The lowest BCUT2D eigenvalue weighted by atomic mass is 9.95. The van der Waals surface area contributed by atoms with Crippen molar-refractivity contribution in [2.24, 2.45) is 5.92 Å². The third-order valence-electron chi connectivity index (χ3n) is 6.27. The van der Waals surface area contributed by atoms with E-state index in [9.17, 15) is 0 Å². The van der Waals surface area contributed by atoms with Gasteiger partial charge in [-0.3, -0.25) is 0 Å². The van der Waals surface area contributed by atoms with Gasteiger partial charge in [-0.25, -0.2) is 19.9 Å². The Morgan fingerprint density at radius 3 is 2.83 bits per heavy atom. The number of halogens is 1. The first-order chi connectivity index (χ1) is 14.5. The minimum absolute atomic E-state index is 0.317. The second-order valence-corrected chi connectivity index (χ2v) is 9.57. The number of pyridine rings is 2. The molecule has 30 heavy (non-hydrogen) atoms. The van der Waals surface area contributed by atoms with Crippen molar-refractivity contribution in [1.82, 2.24) is 25.3 Å². The molecule has 3 aromatic heterocycles. The van der Waals surface area contributed by atoms with Gasteiger partial charge in [0.05, 0.1) is 11.2 Å². The van der Waals surface area contributed by atoms with Gasteiger partial charge in [-0.2, -0.15) is 0 Å². The van der Waals surface area contributed by atoms with Gasteiger partial charge in [0.2, 0.25) is 0 Å². The highest BCUT2D eigenvalue weighted by Crippen LogP contribution is 2.42. The van der Waals surface area contributed by atoms with Crippen molar-refractivity contribution in [1.29, 1.82) is 0 Å². The molecule has 2 aliphatic rings. The lowest BCUT2D eigenvalue weighted by Crippen LogP contribution is -2.49. The van der Waals surface area contributed by atoms with Gasteiger partial charge in [-0.05, 0) is 50.4 Å². The standard InChI is InChI=1S/C21H24ClN7S/c1-11-7-13-8-12(24-2)9-15(11)29(13)17-10-26-21-14(27-17)3-4-18(28-21)30-16-5-6-25-20(23)19(16)22/h3-6,10-13,15,24H,7-9H2,1-2H3,(H2,23,25)/t11-,12?,13-,15?/m0/s1. The summed E-state index contributed by atoms with van der Waals surface area (Å²) in [5.74, 6) is 1.95. The van der Waals surface area contributed by atoms with Crippen LogP contribution >= 0.6 is 23.4 Å². The van der Waals surface area contributed by atoms with Gasteiger partial charge in [-0.15, -0.1) is 0 Å². The minimum atomic E-state index is 0.317. The number of nitrogens with one attached hydrogen (secondary N) is 1. The van der Waals surface area contributed by atoms with Crippen LogP contribution in [0.3, 0.4) is 0 Å². The van der Waals surface area contributed by atoms with Gasteiger partial charge in [-0.1, -0.05) is 30.3 Å². The van der Waals surface area contributed by atoms with Crippen molar-refractivity contribution in [3.63, 3.8) is 0 Å². The summed E-state index contributed by atoms with van der Waals surface area (Å²) in [5.41, 5.74) is 7.24. The van der Waals surface area contributed by atoms with E-state index in [1.165, 1.54) is 18.2 Å². The predicted octanol–water partition coefficient (Wildman–Crippen LogP) is 3.77. The maximum atomic E-state index is 6.26. The Labute approximate surface area is 184 Å². The van der Waals surface area contributed by atoms with Gasteiger partial charge < -0.3 is 16.0 Å². The molecule has 7 nitrogen and oxygen atoms in total. The zero-order valence-electron chi connectivity index (χ0n) is 16.9. The van der Waals surface area contributed by atoms with Crippen molar-refractivity contribution in [2.45, 2.75) is 54.2 Å². The van der Waals surface area contributed by atoms with E-state index in [2.05, 4.69) is 39.1 Å². The third kappa shape index (κ3) is 3.46. The maximum absolute atomic E-state index is 6.26. The second-order valence-electron chi connectivity index (χ2n) is 8.13. The van der Waals surface area contributed by atoms with Crippen molar-refractivity contribution in [2.75, 3.05) is 17.7 Å². The first kappa shape index (κ1) is 19.8. The molecule has 5 rings (SSSR count). The van der Waals surface area contributed by atoms with Crippen LogP contribution in [0.1, 0.15) is 26.2 Å². The number of nitrogens with zero attached hydrogens (tertiary/aromatic N) is 5. The third-order valence-corrected chi connectivity index (χ3v) is 7.77. The number of anilines is 2. The van der Waals surface area contributed by atoms with Crippen LogP contribution in [0.2, 0.25) is 5.02 Å². The molecule has 156 valence electrons. The highest BCUT2D eigenvalue weighted by Gasteiger charge is 2.45. The molecular weight excluding hydrogens is 418 g/mol. The highest BCUT2D eigenvalue weighted by molar-refractivity contribution is 7.99. The molecular formula is C21H24ClN7S. The lowest BCUT2D eigenvalue weighted by Gasteiger charge is -2.40. The zero-order chi connectivity index (χ0) is 20.8. The van der Waals surface area contributed by atoms with Gasteiger partial charge in [0.1, 0.15) is 22.2 Å². The van der Waals surface area contributed by atoms with Gasteiger partial charge >= 0.3 is 0 Å². The van der Waals surface area contributed by atoms with E-state index in [0.29, 0.717) is 40.5 Å². The molecule has 0 radical (unpaired) electrons. The first-order valence-corrected chi connectivity index (χ1v) is 11.4. The Bertz CT molecular complexity index is 1090. The summed E-state index contributed by atoms with van der Waals surface area (Å²) in [5, 5.41) is 4.70. The Balaban J connectivity index is 1.42. The normalized spacial score (nSPS) is 25.8. The summed E-state index contributed by atoms with van der Waals surface area (Å²) in [7, 11) is 2.06. The topological polar surface area (TPSA) is 92.8 Å². The molecule has 0 amide bonds. The lowest BCUT2D eigenvalue weighted by molar-refractivity contribution is 0.358. The number of hydrogen-bond donors (Lipinski definition) is 2. The molecule has 2 fully saturated rings. The summed E-state index contributed by atoms with van der Waals surface area (Å²) in [6.07, 6.45) is 7.03. The molecule has 0 aliphatic carbocycles. The molecule has 3 aromatic rings. The van der Waals surface area contributed by atoms with Gasteiger partial charge in [0.25, 0.3) is 0 Å². The monoisotopic (exact) mass is 441 g/mol. The average molecular weight is 442 g/mol. The van der Waals surface area contributed by atoms with Crippen LogP contribution in [-0.2, 0) is 0 Å². The number of piperidine rings is 1. The Kier molecular flexibility index (Phi) is 5.16. The molecule has 4 atom stereocenters. The number of nitrogens with two attached hydrogens (primary N) is 1. The molecule has 2 bridgehead atoms. The van der Waals surface area contributed by atoms with Gasteiger partial charge in [0.15, 0.2) is 5.65 Å². The van der Waals surface area contributed by atoms with Crippen molar-refractivity contribution in [3.8, 4) is 0 Å². The van der Waals surface area contributed by atoms with E-state index < -0.39 is 0 Å². The van der Waals surface area contributed by atoms with E-state index >= 15 is 0 Å². The van der Waals surface area contributed by atoms with E-state index in [1.807, 2.05) is 24.4 Å². The smallest absolute Gasteiger partial charge is 0.179 e. The van der Waals surface area contributed by atoms with Crippen LogP contribution in [0, 0.1) is 5.92 Å². The van der Waals surface area contributed by atoms with E-state index in [4.69, 9.17) is 22.3 Å². The largest absolute Gasteiger partial charge is 0.382 e. The van der Waals surface area contributed by atoms with Crippen LogP contribution in [0.4, 0.5) is 11.6 Å². The fourth-order valence-corrected chi connectivity index (χ4v) is 5.84. The number of nitrogen functional groups attached to an aromatic ring is 1. The van der Waals surface area contributed by atoms with Gasteiger partial charge in [0, 0.05) is 29.2 Å². The Hall–Kier alpha value is -2.16. The summed E-state index contributed by atoms with van der Waals surface area (Å²) >= 11 is 7.70.